The third-order valence-electron chi connectivity index (χ3n) is 4.00. The van der Waals surface area contributed by atoms with Crippen LogP contribution in [-0.4, -0.2) is 23.9 Å². The van der Waals surface area contributed by atoms with Crippen LogP contribution in [-0.2, 0) is 0 Å². The fourth-order valence-corrected chi connectivity index (χ4v) is 2.76. The van der Waals surface area contributed by atoms with Gasteiger partial charge >= 0.3 is 0 Å². The van der Waals surface area contributed by atoms with Crippen LogP contribution >= 0.6 is 0 Å². The molecule has 2 atom stereocenters. The molecule has 0 radical (unpaired) electrons. The van der Waals surface area contributed by atoms with Crippen LogP contribution in [0.5, 0.6) is 5.75 Å². The van der Waals surface area contributed by atoms with Crippen LogP contribution in [0.15, 0.2) is 6.20 Å². The molecule has 1 saturated carbocycles. The van der Waals surface area contributed by atoms with Gasteiger partial charge in [-0.25, -0.2) is 0 Å². The maximum absolute atomic E-state index is 5.49. The molecular weight excluding hydrogens is 226 g/mol. The van der Waals surface area contributed by atoms with Crippen molar-refractivity contribution in [1.29, 1.82) is 0 Å². The highest BCUT2D eigenvalue weighted by Gasteiger charge is 2.36. The molecule has 4 heteroatoms. The molecule has 2 rings (SSSR count). The van der Waals surface area contributed by atoms with E-state index in [1.54, 1.807) is 7.11 Å². The predicted molar refractivity (Wildman–Crippen MR) is 72.9 cm³/mol. The molecule has 2 unspecified atom stereocenters. The Kier molecular flexibility index (Phi) is 3.95. The van der Waals surface area contributed by atoms with E-state index in [-0.39, 0.29) is 0 Å². The van der Waals surface area contributed by atoms with E-state index in [9.17, 15) is 0 Å². The SMILES string of the molecule is CNC(c1c(OC)cnn1C(C)C)C(C)C1CC1. The summed E-state index contributed by atoms with van der Waals surface area (Å²) >= 11 is 0. The Morgan fingerprint density at radius 3 is 2.50 bits per heavy atom. The summed E-state index contributed by atoms with van der Waals surface area (Å²) in [4.78, 5) is 0. The zero-order valence-corrected chi connectivity index (χ0v) is 12.1. The topological polar surface area (TPSA) is 39.1 Å². The molecule has 0 amide bonds. The first-order valence-electron chi connectivity index (χ1n) is 6.88. The van der Waals surface area contributed by atoms with Gasteiger partial charge in [0.25, 0.3) is 0 Å². The first kappa shape index (κ1) is 13.4. The molecule has 0 aromatic carbocycles. The number of rotatable bonds is 6. The Morgan fingerprint density at radius 1 is 1.39 bits per heavy atom. The van der Waals surface area contributed by atoms with Crippen LogP contribution in [0.1, 0.15) is 51.4 Å². The Labute approximate surface area is 110 Å². The van der Waals surface area contributed by atoms with E-state index in [0.717, 1.165) is 11.7 Å². The smallest absolute Gasteiger partial charge is 0.161 e. The number of hydrogen-bond acceptors (Lipinski definition) is 3. The summed E-state index contributed by atoms with van der Waals surface area (Å²) in [7, 11) is 3.75. The second-order valence-electron chi connectivity index (χ2n) is 5.60. The van der Waals surface area contributed by atoms with Crippen molar-refractivity contribution >= 4 is 0 Å². The average Bonchev–Trinajstić information content (AvgIpc) is 3.10. The Balaban J connectivity index is 2.35. The molecular formula is C14H25N3O. The minimum Gasteiger partial charge on any atom is -0.493 e. The van der Waals surface area contributed by atoms with Gasteiger partial charge in [-0.05, 0) is 45.6 Å². The highest BCUT2D eigenvalue weighted by atomic mass is 16.5. The van der Waals surface area contributed by atoms with Crippen molar-refractivity contribution in [2.75, 3.05) is 14.2 Å². The minimum atomic E-state index is 0.317. The Hall–Kier alpha value is -1.03. The molecule has 0 bridgehead atoms. The lowest BCUT2D eigenvalue weighted by Gasteiger charge is -2.26. The Bertz CT molecular complexity index is 396. The molecule has 0 aliphatic heterocycles. The van der Waals surface area contributed by atoms with Crippen LogP contribution in [0.25, 0.3) is 0 Å². The minimum absolute atomic E-state index is 0.317. The van der Waals surface area contributed by atoms with Crippen LogP contribution in [0.2, 0.25) is 0 Å². The largest absolute Gasteiger partial charge is 0.493 e. The number of nitrogens with one attached hydrogen (secondary N) is 1. The van der Waals surface area contributed by atoms with E-state index >= 15 is 0 Å². The van der Waals surface area contributed by atoms with Gasteiger partial charge in [0.05, 0.1) is 25.0 Å². The maximum Gasteiger partial charge on any atom is 0.161 e. The summed E-state index contributed by atoms with van der Waals surface area (Å²) in [6.07, 6.45) is 4.55. The van der Waals surface area contributed by atoms with Gasteiger partial charge in [-0.2, -0.15) is 5.10 Å². The van der Waals surface area contributed by atoms with E-state index in [4.69, 9.17) is 4.74 Å². The molecule has 1 fully saturated rings. The fraction of sp³-hybridized carbons (Fsp3) is 0.786. The predicted octanol–water partition coefficient (Wildman–Crippen LogP) is 2.78. The lowest BCUT2D eigenvalue weighted by Crippen LogP contribution is -2.28. The molecule has 1 aromatic heterocycles. The van der Waals surface area contributed by atoms with Crippen molar-refractivity contribution < 1.29 is 4.74 Å². The van der Waals surface area contributed by atoms with Crippen LogP contribution < -0.4 is 10.1 Å². The van der Waals surface area contributed by atoms with Gasteiger partial charge in [0.15, 0.2) is 5.75 Å². The van der Waals surface area contributed by atoms with Crippen LogP contribution in [0.3, 0.4) is 0 Å². The van der Waals surface area contributed by atoms with Gasteiger partial charge in [0.1, 0.15) is 0 Å². The van der Waals surface area contributed by atoms with Crippen LogP contribution in [0.4, 0.5) is 0 Å². The molecule has 4 nitrogen and oxygen atoms in total. The first-order chi connectivity index (χ1) is 8.60. The van der Waals surface area contributed by atoms with Gasteiger partial charge in [0.2, 0.25) is 0 Å². The van der Waals surface area contributed by atoms with Gasteiger partial charge in [-0.15, -0.1) is 0 Å². The summed E-state index contributed by atoms with van der Waals surface area (Å²) in [6.45, 7) is 6.64. The second-order valence-corrected chi connectivity index (χ2v) is 5.60. The van der Waals surface area contributed by atoms with E-state index in [1.165, 1.54) is 18.5 Å². The van der Waals surface area contributed by atoms with Gasteiger partial charge in [-0.1, -0.05) is 6.92 Å². The molecule has 1 aromatic rings. The number of ether oxygens (including phenoxy) is 1. The number of methoxy groups -OCH3 is 1. The van der Waals surface area contributed by atoms with Crippen molar-refractivity contribution in [3.05, 3.63) is 11.9 Å². The average molecular weight is 251 g/mol. The zero-order chi connectivity index (χ0) is 13.3. The lowest BCUT2D eigenvalue weighted by atomic mass is 9.93. The van der Waals surface area contributed by atoms with E-state index in [1.807, 2.05) is 13.2 Å². The molecule has 1 aliphatic carbocycles. The normalized spacial score (nSPS) is 19.0. The summed E-state index contributed by atoms with van der Waals surface area (Å²) in [5.41, 5.74) is 1.19. The summed E-state index contributed by atoms with van der Waals surface area (Å²) in [6, 6.07) is 0.670. The summed E-state index contributed by atoms with van der Waals surface area (Å²) in [5.74, 6) is 2.37. The van der Waals surface area contributed by atoms with Crippen molar-refractivity contribution in [2.24, 2.45) is 11.8 Å². The highest BCUT2D eigenvalue weighted by molar-refractivity contribution is 5.29. The molecule has 18 heavy (non-hydrogen) atoms. The van der Waals surface area contributed by atoms with E-state index in [0.29, 0.717) is 18.0 Å². The van der Waals surface area contributed by atoms with E-state index < -0.39 is 0 Å². The third-order valence-corrected chi connectivity index (χ3v) is 4.00. The quantitative estimate of drug-likeness (QED) is 0.845. The second kappa shape index (κ2) is 5.31. The van der Waals surface area contributed by atoms with Crippen molar-refractivity contribution in [3.8, 4) is 5.75 Å². The number of nitrogens with zero attached hydrogens (tertiary/aromatic N) is 2. The highest BCUT2D eigenvalue weighted by Crippen LogP contribution is 2.44. The third kappa shape index (κ3) is 2.39. The van der Waals surface area contributed by atoms with Gasteiger partial charge in [0, 0.05) is 6.04 Å². The van der Waals surface area contributed by atoms with Crippen molar-refractivity contribution in [1.82, 2.24) is 15.1 Å². The summed E-state index contributed by atoms with van der Waals surface area (Å²) < 4.78 is 7.57. The van der Waals surface area contributed by atoms with Crippen molar-refractivity contribution in [2.45, 2.75) is 45.7 Å². The number of hydrogen-bond donors (Lipinski definition) is 1. The lowest BCUT2D eigenvalue weighted by molar-refractivity contribution is 0.321. The van der Waals surface area contributed by atoms with Gasteiger partial charge in [-0.3, -0.25) is 4.68 Å². The van der Waals surface area contributed by atoms with E-state index in [2.05, 4.69) is 35.9 Å². The number of aromatic nitrogens is 2. The Morgan fingerprint density at radius 2 is 2.06 bits per heavy atom. The van der Waals surface area contributed by atoms with Crippen LogP contribution in [0, 0.1) is 11.8 Å². The van der Waals surface area contributed by atoms with Crippen molar-refractivity contribution in [3.63, 3.8) is 0 Å². The maximum atomic E-state index is 5.49. The molecule has 102 valence electrons. The zero-order valence-electron chi connectivity index (χ0n) is 12.1. The first-order valence-corrected chi connectivity index (χ1v) is 6.88. The van der Waals surface area contributed by atoms with Gasteiger partial charge < -0.3 is 10.1 Å². The standard InChI is InChI=1S/C14H25N3O/c1-9(2)17-14(12(18-5)8-16-17)13(15-4)10(3)11-6-7-11/h8-11,13,15H,6-7H2,1-5H3. The molecule has 0 spiro atoms. The molecule has 1 aliphatic rings. The molecule has 1 N–H and O–H groups in total. The fourth-order valence-electron chi connectivity index (χ4n) is 2.76. The monoisotopic (exact) mass is 251 g/mol. The summed E-state index contributed by atoms with van der Waals surface area (Å²) in [5, 5.41) is 7.92. The molecule has 1 heterocycles. The molecule has 0 saturated heterocycles.